The van der Waals surface area contributed by atoms with E-state index in [4.69, 9.17) is 0 Å². The third-order valence-corrected chi connectivity index (χ3v) is 3.90. The number of pyridine rings is 1. The van der Waals surface area contributed by atoms with E-state index in [1.54, 1.807) is 30.1 Å². The summed E-state index contributed by atoms with van der Waals surface area (Å²) in [7, 11) is 1.71. The second kappa shape index (κ2) is 8.70. The molecule has 0 aliphatic carbocycles. The lowest BCUT2D eigenvalue weighted by molar-refractivity contribution is -0.139. The lowest BCUT2D eigenvalue weighted by Crippen LogP contribution is -2.35. The van der Waals surface area contributed by atoms with E-state index in [-0.39, 0.29) is 12.4 Å². The van der Waals surface area contributed by atoms with E-state index < -0.39 is 29.8 Å². The topological polar surface area (TPSA) is 54.3 Å². The molecule has 1 N–H and O–H groups in total. The average molecular weight is 385 g/mol. The van der Waals surface area contributed by atoms with Crippen LogP contribution in [-0.4, -0.2) is 30.6 Å². The minimum absolute atomic E-state index is 0.241. The van der Waals surface area contributed by atoms with Gasteiger partial charge in [0.2, 0.25) is 5.91 Å². The summed E-state index contributed by atoms with van der Waals surface area (Å²) < 4.78 is 52.5. The van der Waals surface area contributed by atoms with Gasteiger partial charge in [-0.25, -0.2) is 4.39 Å². The first-order chi connectivity index (χ1) is 12.7. The molecule has 0 saturated carbocycles. The summed E-state index contributed by atoms with van der Waals surface area (Å²) in [6.07, 6.45) is -3.15. The number of hydrogen-bond donors (Lipinski definition) is 1. The van der Waals surface area contributed by atoms with Gasteiger partial charge in [-0.3, -0.25) is 9.59 Å². The van der Waals surface area contributed by atoms with Crippen LogP contribution in [0.5, 0.6) is 0 Å². The molecule has 1 aromatic carbocycles. The molecule has 1 aromatic heterocycles. The van der Waals surface area contributed by atoms with Crippen molar-refractivity contribution in [2.24, 2.45) is 0 Å². The normalized spacial score (nSPS) is 11.3. The number of carbonyl (C=O) groups is 1. The number of halogens is 4. The van der Waals surface area contributed by atoms with Crippen LogP contribution >= 0.6 is 0 Å². The Morgan fingerprint density at radius 2 is 1.89 bits per heavy atom. The van der Waals surface area contributed by atoms with Crippen LogP contribution in [0.4, 0.5) is 23.2 Å². The number of para-hydroxylation sites is 1. The molecule has 0 aliphatic rings. The maximum Gasteiger partial charge on any atom is 0.421 e. The van der Waals surface area contributed by atoms with Gasteiger partial charge in [0.05, 0.1) is 5.69 Å². The van der Waals surface area contributed by atoms with Gasteiger partial charge in [-0.05, 0) is 30.7 Å². The zero-order valence-corrected chi connectivity index (χ0v) is 14.6. The molecule has 0 atom stereocenters. The molecule has 0 radical (unpaired) electrons. The first kappa shape index (κ1) is 20.5. The molecule has 0 unspecified atom stereocenters. The number of nitrogens with one attached hydrogen (secondary N) is 1. The maximum atomic E-state index is 13.7. The highest BCUT2D eigenvalue weighted by Crippen LogP contribution is 2.25. The zero-order valence-electron chi connectivity index (χ0n) is 14.6. The van der Waals surface area contributed by atoms with Gasteiger partial charge in [0.1, 0.15) is 17.9 Å². The van der Waals surface area contributed by atoms with Gasteiger partial charge < -0.3 is 14.8 Å². The van der Waals surface area contributed by atoms with Crippen molar-refractivity contribution in [3.63, 3.8) is 0 Å². The lowest BCUT2D eigenvalue weighted by atomic mass is 10.2. The predicted octanol–water partition coefficient (Wildman–Crippen LogP) is 2.65. The summed E-state index contributed by atoms with van der Waals surface area (Å²) in [6, 6.07) is 8.02. The van der Waals surface area contributed by atoms with Crippen molar-refractivity contribution >= 4 is 11.6 Å². The summed E-state index contributed by atoms with van der Waals surface area (Å²) in [5.74, 6) is -0.932. The second-order valence-electron chi connectivity index (χ2n) is 5.93. The molecule has 0 aliphatic heterocycles. The first-order valence-corrected chi connectivity index (χ1v) is 8.19. The smallest absolute Gasteiger partial charge is 0.372 e. The third-order valence-electron chi connectivity index (χ3n) is 3.90. The molecule has 0 bridgehead atoms. The fourth-order valence-corrected chi connectivity index (χ4v) is 2.51. The number of nitrogens with zero attached hydrogens (tertiary/aromatic N) is 2. The van der Waals surface area contributed by atoms with Crippen LogP contribution in [0.1, 0.15) is 12.0 Å². The molecule has 0 saturated heterocycles. The van der Waals surface area contributed by atoms with E-state index in [0.29, 0.717) is 29.3 Å². The number of alkyl halides is 3. The van der Waals surface area contributed by atoms with Gasteiger partial charge in [0, 0.05) is 26.3 Å². The minimum atomic E-state index is -4.77. The van der Waals surface area contributed by atoms with Gasteiger partial charge in [-0.2, -0.15) is 13.2 Å². The molecule has 0 fully saturated rings. The summed E-state index contributed by atoms with van der Waals surface area (Å²) >= 11 is 0. The molecular weight excluding hydrogens is 366 g/mol. The molecular formula is C18H19F4N3O2. The standard InChI is InChI=1S/C18H19F4N3O2/c1-24(15-8-3-2-7-14(15)19)10-5-9-23-16(26)12-25-11-4-6-13(17(25)27)18(20,21)22/h2-4,6-8,11H,5,9-10,12H2,1H3,(H,23,26). The van der Waals surface area contributed by atoms with Crippen molar-refractivity contribution < 1.29 is 22.4 Å². The van der Waals surface area contributed by atoms with E-state index in [1.165, 1.54) is 6.07 Å². The second-order valence-corrected chi connectivity index (χ2v) is 5.93. The van der Waals surface area contributed by atoms with Gasteiger partial charge in [-0.15, -0.1) is 0 Å². The number of carbonyl (C=O) groups excluding carboxylic acids is 1. The van der Waals surface area contributed by atoms with Gasteiger partial charge in [0.25, 0.3) is 5.56 Å². The monoisotopic (exact) mass is 385 g/mol. The average Bonchev–Trinajstić information content (AvgIpc) is 2.59. The van der Waals surface area contributed by atoms with Crippen molar-refractivity contribution in [3.8, 4) is 0 Å². The third kappa shape index (κ3) is 5.57. The molecule has 5 nitrogen and oxygen atoms in total. The number of hydrogen-bond acceptors (Lipinski definition) is 3. The van der Waals surface area contributed by atoms with Crippen LogP contribution in [-0.2, 0) is 17.5 Å². The molecule has 2 aromatic rings. The van der Waals surface area contributed by atoms with Gasteiger partial charge >= 0.3 is 6.18 Å². The van der Waals surface area contributed by atoms with Crippen LogP contribution in [0, 0.1) is 5.82 Å². The van der Waals surface area contributed by atoms with E-state index in [2.05, 4.69) is 5.32 Å². The van der Waals surface area contributed by atoms with E-state index in [0.717, 1.165) is 12.3 Å². The zero-order chi connectivity index (χ0) is 20.0. The Kier molecular flexibility index (Phi) is 6.59. The minimum Gasteiger partial charge on any atom is -0.372 e. The molecule has 2 rings (SSSR count). The Balaban J connectivity index is 1.84. The number of amides is 1. The summed E-state index contributed by atoms with van der Waals surface area (Å²) in [4.78, 5) is 25.3. The van der Waals surface area contributed by atoms with Crippen molar-refractivity contribution in [3.05, 3.63) is 64.3 Å². The largest absolute Gasteiger partial charge is 0.421 e. The summed E-state index contributed by atoms with van der Waals surface area (Å²) in [5.41, 5.74) is -2.15. The van der Waals surface area contributed by atoms with Crippen LogP contribution < -0.4 is 15.8 Å². The fraction of sp³-hybridized carbons (Fsp3) is 0.333. The summed E-state index contributed by atoms with van der Waals surface area (Å²) in [5, 5.41) is 2.54. The highest BCUT2D eigenvalue weighted by Gasteiger charge is 2.34. The number of benzene rings is 1. The van der Waals surface area contributed by atoms with Crippen LogP contribution in [0.25, 0.3) is 0 Å². The molecule has 146 valence electrons. The predicted molar refractivity (Wildman–Crippen MR) is 93.0 cm³/mol. The first-order valence-electron chi connectivity index (χ1n) is 8.19. The van der Waals surface area contributed by atoms with Gasteiger partial charge in [0.15, 0.2) is 0 Å². The summed E-state index contributed by atoms with van der Waals surface area (Å²) in [6.45, 7) is 0.196. The Hall–Kier alpha value is -2.84. The van der Waals surface area contributed by atoms with Crippen LogP contribution in [0.3, 0.4) is 0 Å². The Bertz CT molecular complexity index is 849. The number of rotatable bonds is 7. The van der Waals surface area contributed by atoms with Crippen LogP contribution in [0.2, 0.25) is 0 Å². The molecule has 9 heteroatoms. The molecule has 1 amide bonds. The maximum absolute atomic E-state index is 13.7. The van der Waals surface area contributed by atoms with Crippen molar-refractivity contribution in [1.29, 1.82) is 0 Å². The highest BCUT2D eigenvalue weighted by atomic mass is 19.4. The van der Waals surface area contributed by atoms with Crippen molar-refractivity contribution in [1.82, 2.24) is 9.88 Å². The SMILES string of the molecule is CN(CCCNC(=O)Cn1cccc(C(F)(F)F)c1=O)c1ccccc1F. The van der Waals surface area contributed by atoms with Crippen LogP contribution in [0.15, 0.2) is 47.4 Å². The molecule has 0 spiro atoms. The Labute approximate surface area is 153 Å². The Morgan fingerprint density at radius 3 is 2.56 bits per heavy atom. The highest BCUT2D eigenvalue weighted by molar-refractivity contribution is 5.75. The lowest BCUT2D eigenvalue weighted by Gasteiger charge is -2.19. The Morgan fingerprint density at radius 1 is 1.19 bits per heavy atom. The van der Waals surface area contributed by atoms with E-state index >= 15 is 0 Å². The van der Waals surface area contributed by atoms with E-state index in [9.17, 15) is 27.2 Å². The fourth-order valence-electron chi connectivity index (χ4n) is 2.51. The molecule has 1 heterocycles. The molecule has 27 heavy (non-hydrogen) atoms. The number of anilines is 1. The van der Waals surface area contributed by atoms with Gasteiger partial charge in [-0.1, -0.05) is 12.1 Å². The number of aromatic nitrogens is 1. The quantitative estimate of drug-likeness (QED) is 0.589. The van der Waals surface area contributed by atoms with Crippen molar-refractivity contribution in [2.45, 2.75) is 19.1 Å². The van der Waals surface area contributed by atoms with Crippen molar-refractivity contribution in [2.75, 3.05) is 25.0 Å². The van der Waals surface area contributed by atoms with E-state index in [1.807, 2.05) is 0 Å².